The molecule has 0 saturated heterocycles. The van der Waals surface area contributed by atoms with E-state index in [4.69, 9.17) is 4.65 Å². The van der Waals surface area contributed by atoms with Crippen LogP contribution in [0.4, 0.5) is 0 Å². The molecule has 0 spiro atoms. The molecule has 0 fully saturated rings. The number of fused-ring (bicyclic) bond motifs is 1. The molecule has 0 aliphatic rings. The van der Waals surface area contributed by atoms with E-state index in [2.05, 4.69) is 11.1 Å². The molecule has 0 aliphatic carbocycles. The highest BCUT2D eigenvalue weighted by Gasteiger charge is 2.26. The number of para-hydroxylation sites is 1. The van der Waals surface area contributed by atoms with Crippen molar-refractivity contribution in [1.29, 1.82) is 5.26 Å². The molecular weight excluding hydrogens is 327 g/mol. The number of pyridine rings is 1. The molecule has 0 N–H and O–H groups in total. The van der Waals surface area contributed by atoms with Crippen molar-refractivity contribution in [3.63, 3.8) is 0 Å². The van der Waals surface area contributed by atoms with Crippen molar-refractivity contribution in [3.05, 3.63) is 83.9 Å². The van der Waals surface area contributed by atoms with Crippen LogP contribution in [0.5, 0.6) is 5.75 Å². The number of thiophene rings is 1. The first kappa shape index (κ1) is 15.4. The van der Waals surface area contributed by atoms with Gasteiger partial charge in [-0.2, -0.15) is 16.6 Å². The third-order valence-corrected chi connectivity index (χ3v) is 4.88. The summed E-state index contributed by atoms with van der Waals surface area (Å²) in [6.07, 6.45) is 1.77. The van der Waals surface area contributed by atoms with E-state index in [1.54, 1.807) is 23.6 Å². The predicted octanol–water partition coefficient (Wildman–Crippen LogP) is 3.35. The number of nitrogens with zero attached hydrogens (tertiary/aromatic N) is 2. The van der Waals surface area contributed by atoms with E-state index in [1.165, 1.54) is 0 Å². The van der Waals surface area contributed by atoms with Gasteiger partial charge in [0.25, 0.3) is 0 Å². The van der Waals surface area contributed by atoms with Gasteiger partial charge in [-0.1, -0.05) is 42.5 Å². The molecule has 2 aromatic carbocycles. The van der Waals surface area contributed by atoms with Crippen molar-refractivity contribution >= 4 is 39.4 Å². The average molecular weight is 340 g/mol. The third kappa shape index (κ3) is 3.12. The minimum absolute atomic E-state index is 0.277. The van der Waals surface area contributed by atoms with Crippen LogP contribution < -0.4 is 14.9 Å². The van der Waals surface area contributed by atoms with Gasteiger partial charge in [-0.25, -0.2) is 0 Å². The Kier molecular flexibility index (Phi) is 4.20. The van der Waals surface area contributed by atoms with Gasteiger partial charge in [-0.3, -0.25) is 4.98 Å². The predicted molar refractivity (Wildman–Crippen MR) is 103 cm³/mol. The van der Waals surface area contributed by atoms with Gasteiger partial charge in [0.1, 0.15) is 11.3 Å². The maximum absolute atomic E-state index is 9.21. The molecule has 0 amide bonds. The van der Waals surface area contributed by atoms with Crippen LogP contribution in [-0.4, -0.2) is 11.9 Å². The van der Waals surface area contributed by atoms with Gasteiger partial charge < -0.3 is 4.65 Å². The van der Waals surface area contributed by atoms with Crippen molar-refractivity contribution < 1.29 is 4.65 Å². The highest BCUT2D eigenvalue weighted by atomic mass is 32.1. The highest BCUT2D eigenvalue weighted by molar-refractivity contribution is 7.23. The molecule has 4 aromatic rings. The van der Waals surface area contributed by atoms with Crippen molar-refractivity contribution in [1.82, 2.24) is 4.98 Å². The molecule has 0 bridgehead atoms. The quantitative estimate of drug-likeness (QED) is 0.535. The lowest BCUT2D eigenvalue weighted by atomic mass is 9.59. The van der Waals surface area contributed by atoms with E-state index in [1.807, 2.05) is 66.0 Å². The molecule has 0 radical (unpaired) electrons. The highest BCUT2D eigenvalue weighted by Crippen LogP contribution is 2.23. The summed E-state index contributed by atoms with van der Waals surface area (Å²) in [5.41, 5.74) is 2.41. The Morgan fingerprint density at radius 3 is 2.72 bits per heavy atom. The molecule has 0 atom stereocenters. The number of hydrogen-bond acceptors (Lipinski definition) is 4. The lowest BCUT2D eigenvalue weighted by molar-refractivity contribution is 0.598. The van der Waals surface area contributed by atoms with Crippen molar-refractivity contribution in [3.8, 4) is 11.8 Å². The second kappa shape index (κ2) is 6.80. The van der Waals surface area contributed by atoms with Gasteiger partial charge in [-0.05, 0) is 35.1 Å². The number of benzene rings is 2. The topological polar surface area (TPSA) is 45.9 Å². The Labute approximate surface area is 150 Å². The zero-order valence-corrected chi connectivity index (χ0v) is 14.1. The summed E-state index contributed by atoms with van der Waals surface area (Å²) < 4.78 is 7.48. The fourth-order valence-corrected chi connectivity index (χ4v) is 3.58. The number of nitriles is 1. The normalized spacial score (nSPS) is 10.4. The maximum Gasteiger partial charge on any atom is 0.437 e. The van der Waals surface area contributed by atoms with Gasteiger partial charge in [0, 0.05) is 16.4 Å². The fraction of sp³-hybridized carbons (Fsp3) is 0. The van der Waals surface area contributed by atoms with Crippen LogP contribution in [0.3, 0.4) is 0 Å². The summed E-state index contributed by atoms with van der Waals surface area (Å²) in [5.74, 6) is 0.735. The number of hydrogen-bond donors (Lipinski definition) is 0. The van der Waals surface area contributed by atoms with Crippen molar-refractivity contribution in [2.75, 3.05) is 0 Å². The van der Waals surface area contributed by atoms with Crippen molar-refractivity contribution in [2.24, 2.45) is 0 Å². The van der Waals surface area contributed by atoms with E-state index >= 15 is 0 Å². The van der Waals surface area contributed by atoms with E-state index in [9.17, 15) is 5.26 Å². The Morgan fingerprint density at radius 2 is 1.88 bits per heavy atom. The van der Waals surface area contributed by atoms with Crippen LogP contribution in [0.2, 0.25) is 0 Å². The Balaban J connectivity index is 1.80. The van der Waals surface area contributed by atoms with Gasteiger partial charge in [0.2, 0.25) is 0 Å². The van der Waals surface area contributed by atoms with E-state index in [0.29, 0.717) is 5.56 Å². The van der Waals surface area contributed by atoms with Crippen molar-refractivity contribution in [2.45, 2.75) is 0 Å². The molecule has 3 nitrogen and oxygen atoms in total. The molecule has 25 heavy (non-hydrogen) atoms. The fourth-order valence-electron chi connectivity index (χ4n) is 2.80. The van der Waals surface area contributed by atoms with Gasteiger partial charge in [0.05, 0.1) is 11.6 Å². The van der Waals surface area contributed by atoms with Crippen LogP contribution in [0.1, 0.15) is 5.56 Å². The molecule has 2 heterocycles. The van der Waals surface area contributed by atoms with E-state index in [-0.39, 0.29) is 6.92 Å². The first-order valence-electron chi connectivity index (χ1n) is 7.89. The van der Waals surface area contributed by atoms with Gasteiger partial charge in [-0.15, -0.1) is 0 Å². The molecule has 0 unspecified atom stereocenters. The molecular formula is C20H13BN2OS. The molecule has 118 valence electrons. The standard InChI is InChI=1S/C20H13BN2OS/c22-14-15-5-1-8-17(13-15)21(19-10-4-12-25-19)24-18-9-2-6-16-7-3-11-23-20(16)18/h1-13H. The van der Waals surface area contributed by atoms with Crippen LogP contribution in [0, 0.1) is 11.3 Å². The van der Waals surface area contributed by atoms with Gasteiger partial charge in [0.15, 0.2) is 0 Å². The lowest BCUT2D eigenvalue weighted by Gasteiger charge is -2.16. The summed E-state index contributed by atoms with van der Waals surface area (Å²) in [7, 11) is 0. The summed E-state index contributed by atoms with van der Waals surface area (Å²) in [6.45, 7) is -0.277. The largest absolute Gasteiger partial charge is 0.549 e. The Morgan fingerprint density at radius 1 is 1.00 bits per heavy atom. The minimum atomic E-state index is -0.277. The lowest BCUT2D eigenvalue weighted by Crippen LogP contribution is -2.46. The summed E-state index contributed by atoms with van der Waals surface area (Å²) in [4.78, 5) is 4.47. The number of aromatic nitrogens is 1. The van der Waals surface area contributed by atoms with Crippen LogP contribution >= 0.6 is 11.3 Å². The maximum atomic E-state index is 9.21. The van der Waals surface area contributed by atoms with E-state index < -0.39 is 0 Å². The molecule has 2 aromatic heterocycles. The monoisotopic (exact) mass is 340 g/mol. The minimum Gasteiger partial charge on any atom is -0.549 e. The second-order valence-electron chi connectivity index (χ2n) is 5.58. The molecule has 0 aliphatic heterocycles. The third-order valence-electron chi connectivity index (χ3n) is 3.96. The molecule has 5 heteroatoms. The summed E-state index contributed by atoms with van der Waals surface area (Å²) in [6, 6.07) is 23.7. The first-order valence-corrected chi connectivity index (χ1v) is 8.77. The molecule has 4 rings (SSSR count). The van der Waals surface area contributed by atoms with Crippen LogP contribution in [-0.2, 0) is 0 Å². The van der Waals surface area contributed by atoms with Gasteiger partial charge >= 0.3 is 6.92 Å². The van der Waals surface area contributed by atoms with Crippen LogP contribution in [0.15, 0.2) is 78.3 Å². The van der Waals surface area contributed by atoms with Crippen LogP contribution in [0.25, 0.3) is 10.9 Å². The smallest absolute Gasteiger partial charge is 0.437 e. The molecule has 0 saturated carbocycles. The summed E-state index contributed by atoms with van der Waals surface area (Å²) >= 11 is 1.64. The first-order chi connectivity index (χ1) is 12.3. The number of rotatable bonds is 4. The average Bonchev–Trinajstić information content (AvgIpc) is 3.20. The zero-order valence-electron chi connectivity index (χ0n) is 13.3. The summed E-state index contributed by atoms with van der Waals surface area (Å²) in [5, 5.41) is 12.3. The Hall–Kier alpha value is -3.10. The van der Waals surface area contributed by atoms with E-state index in [0.717, 1.165) is 26.9 Å². The Bertz CT molecular complexity index is 1050. The second-order valence-corrected chi connectivity index (χ2v) is 6.56. The zero-order chi connectivity index (χ0) is 17.1. The SMILES string of the molecule is N#Cc1cccc(B(Oc2cccc3cccnc23)c2cccs2)c1.